The van der Waals surface area contributed by atoms with Gasteiger partial charge >= 0.3 is 0 Å². The van der Waals surface area contributed by atoms with Crippen molar-refractivity contribution in [3.8, 4) is 0 Å². The number of ketones is 2. The molecule has 4 unspecified atom stereocenters. The first-order valence-electron chi connectivity index (χ1n) is 41.5. The van der Waals surface area contributed by atoms with Crippen molar-refractivity contribution in [2.75, 3.05) is 19.3 Å². The van der Waals surface area contributed by atoms with Crippen LogP contribution in [-0.2, 0) is 95.5 Å². The lowest BCUT2D eigenvalue weighted by Gasteiger charge is -2.47. The molecule has 108 heavy (non-hydrogen) atoms. The third-order valence-corrected chi connectivity index (χ3v) is 28.7. The van der Waals surface area contributed by atoms with Gasteiger partial charge in [0.15, 0.2) is 11.6 Å². The van der Waals surface area contributed by atoms with Crippen molar-refractivity contribution >= 4 is 21.7 Å². The van der Waals surface area contributed by atoms with E-state index in [-0.39, 0.29) is 213 Å². The van der Waals surface area contributed by atoms with Crippen LogP contribution < -0.4 is 11.5 Å². The lowest BCUT2D eigenvalue weighted by molar-refractivity contribution is -0.294. The fourth-order valence-corrected chi connectivity index (χ4v) is 23.0. The fraction of sp³-hybridized carbons (Fsp3) is 0.878. The Morgan fingerprint density at radius 2 is 0.861 bits per heavy atom. The molecule has 24 bridgehead atoms. The quantitative estimate of drug-likeness (QED) is 0.124. The summed E-state index contributed by atoms with van der Waals surface area (Å²) < 4.78 is 134. The molecule has 606 valence electrons. The standard InChI is InChI=1S/C41H61NO10.C40H59NO10.CH4O3S/c1-20-12-26-6-8-30-21(2)13-28(45-30)10-11-41-19-40(5)39(52-41)38-37(50-40)36(51-41)35-31(49-38)9-7-27(47-35)14-24(43)15-29-23(4)32(16-25(44)18-42)48-34(29)17-33(46-26)22(20)3;1-19-11-25-5-7-29-20(2)12-27(44-29)9-10-40-17-34-36(50-40)37-38(49-34)39(51-40)35-30(48-37)8-6-26(46-35)13-23(42)14-28-22(4)31(15-24(43)18-41)47-33(28)16-32(45-25)21(19)3;1-5(2,3)4/h20,23,25-39,44H,2-3,6-19,42H2,1,4-5H3;19,22,24-39,43H,2-3,5-18,41H2,1,4H3;1H3,(H,2,3,4)/t20-,23-,25+,26+,27-,28+,29-,30?,31+,32-,33?,34+,35+,36+,37+,38-,39-,40-,41-;19-,22-,24+,25+,26-,27+,28-,29?,30+,31-,32?,33+,34-,35+,36+,37+,38-,39+,40+;/m11./s1. The lowest BCUT2D eigenvalue weighted by atomic mass is 9.78. The molecule has 20 heterocycles. The minimum absolute atomic E-state index is 0.00127. The number of rotatable bonds is 6. The van der Waals surface area contributed by atoms with Gasteiger partial charge in [-0.15, -0.1) is 0 Å². The Bertz CT molecular complexity index is 3430. The maximum atomic E-state index is 14.0. The van der Waals surface area contributed by atoms with Crippen molar-refractivity contribution in [2.45, 2.75) is 396 Å². The van der Waals surface area contributed by atoms with Crippen LogP contribution in [0.2, 0.25) is 0 Å². The maximum absolute atomic E-state index is 14.0. The Morgan fingerprint density at radius 3 is 1.37 bits per heavy atom. The number of hydrogen-bond acceptors (Lipinski definition) is 24. The van der Waals surface area contributed by atoms with E-state index in [9.17, 15) is 28.2 Å². The molecule has 20 aliphatic heterocycles. The van der Waals surface area contributed by atoms with Crippen molar-refractivity contribution in [2.24, 2.45) is 47.0 Å². The van der Waals surface area contributed by atoms with E-state index in [0.29, 0.717) is 95.1 Å². The van der Waals surface area contributed by atoms with Crippen molar-refractivity contribution in [1.29, 1.82) is 0 Å². The number of fused-ring (bicyclic) bond motifs is 12. The number of aliphatic hydroxyl groups is 2. The zero-order valence-electron chi connectivity index (χ0n) is 64.4. The third kappa shape index (κ3) is 16.1. The third-order valence-electron chi connectivity index (χ3n) is 28.7. The Kier molecular flexibility index (Phi) is 23.1. The molecule has 0 radical (unpaired) electrons. The van der Waals surface area contributed by atoms with Crippen LogP contribution in [0.1, 0.15) is 202 Å². The Labute approximate surface area is 637 Å². The molecule has 20 aliphatic rings. The number of ether oxygens (including phenoxy) is 16. The van der Waals surface area contributed by atoms with Gasteiger partial charge < -0.3 is 97.5 Å². The second-order valence-electron chi connectivity index (χ2n) is 36.6. The molecule has 25 nitrogen and oxygen atoms in total. The highest BCUT2D eigenvalue weighted by molar-refractivity contribution is 7.85. The number of hydrogen-bond donors (Lipinski definition) is 5. The molecule has 7 N–H and O–H groups in total. The van der Waals surface area contributed by atoms with Gasteiger partial charge in [-0.05, 0) is 155 Å². The monoisotopic (exact) mass is 1540 g/mol. The predicted octanol–water partition coefficient (Wildman–Crippen LogP) is 8.01. The van der Waals surface area contributed by atoms with Gasteiger partial charge in [-0.2, -0.15) is 8.42 Å². The van der Waals surface area contributed by atoms with Crippen LogP contribution in [0.3, 0.4) is 0 Å². The van der Waals surface area contributed by atoms with E-state index in [0.717, 1.165) is 112 Å². The highest BCUT2D eigenvalue weighted by atomic mass is 32.2. The average molecular weight is 1540 g/mol. The smallest absolute Gasteiger partial charge is 0.261 e. The molecule has 0 aliphatic carbocycles. The highest BCUT2D eigenvalue weighted by Crippen LogP contribution is 2.60. The van der Waals surface area contributed by atoms with Gasteiger partial charge in [0.1, 0.15) is 78.2 Å². The summed E-state index contributed by atoms with van der Waals surface area (Å²) >= 11 is 0. The molecule has 0 aromatic carbocycles. The van der Waals surface area contributed by atoms with E-state index in [1.54, 1.807) is 0 Å². The minimum atomic E-state index is -3.67. The van der Waals surface area contributed by atoms with E-state index in [2.05, 4.69) is 60.9 Å². The molecule has 20 saturated heterocycles. The van der Waals surface area contributed by atoms with Gasteiger partial charge in [0, 0.05) is 90.1 Å². The SMILES string of the molecule is C=C1C[C@@H]2CC[C@@]34C[C@@]5(C)O[C@H]6[C@@H](O3)[C@H]3O[C@H](CC[C@@H]3O[C@H]6[C@H]5O4)CC(=O)C[C@@H]3[C@@H](C)[C@@H](C[C@H](O)CN)O[C@H]3CC3O[C@@H](CCC1O2)C[C@@H](C)C3=C.C=C1C[C@@H]2CC[C@@]34C[C@H]5O[C@H]6[C@@H](O3)[C@H]3O[C@H](CC[C@@H]3O[C@H]6[C@H]5O4)CC(=O)C[C@@H]3[C@@H](C)[C@@H](C[C@H](O)CN)O[C@H]3CC3O[C@@H](CCC1O2)C[C@@H](C)C3=C.CS(=O)(=O)O. The summed E-state index contributed by atoms with van der Waals surface area (Å²) in [6, 6.07) is 0. The van der Waals surface area contributed by atoms with Crippen LogP contribution in [0, 0.1) is 35.5 Å². The van der Waals surface area contributed by atoms with E-state index >= 15 is 0 Å². The molecule has 2 spiro atoms. The first-order valence-corrected chi connectivity index (χ1v) is 43.4. The summed E-state index contributed by atoms with van der Waals surface area (Å²) in [6.45, 7) is 29.1. The summed E-state index contributed by atoms with van der Waals surface area (Å²) in [5.41, 5.74) is 15.6. The summed E-state index contributed by atoms with van der Waals surface area (Å²) in [6.07, 6.45) is 13.3. The number of aliphatic hydroxyl groups excluding tert-OH is 2. The second-order valence-corrected chi connectivity index (χ2v) is 38.1. The molecule has 20 fully saturated rings. The molecule has 20 rings (SSSR count). The number of Topliss-reactive ketones (excluding diaryl/α,β-unsaturated/α-hetero) is 2. The predicted molar refractivity (Wildman–Crippen MR) is 391 cm³/mol. The average Bonchev–Trinajstić information content (AvgIpc) is 1.54. The second kappa shape index (κ2) is 31.5. The Hall–Kier alpha value is -2.59. The topological polar surface area (TPSA) is 329 Å². The Balaban J connectivity index is 0.000000155. The molecular formula is C82H124N2O23S. The van der Waals surface area contributed by atoms with Gasteiger partial charge in [0.25, 0.3) is 10.1 Å². The van der Waals surface area contributed by atoms with E-state index < -0.39 is 39.5 Å². The van der Waals surface area contributed by atoms with E-state index in [4.69, 9.17) is 91.8 Å². The molecule has 0 saturated carbocycles. The number of carbonyl (C=O) groups is 2. The van der Waals surface area contributed by atoms with Crippen LogP contribution in [0.5, 0.6) is 0 Å². The van der Waals surface area contributed by atoms with Crippen molar-refractivity contribution in [1.82, 2.24) is 0 Å². The van der Waals surface area contributed by atoms with Gasteiger partial charge in [0.05, 0.1) is 122 Å². The molecular weight excluding hydrogens is 1410 g/mol. The molecule has 26 heteroatoms. The van der Waals surface area contributed by atoms with Crippen LogP contribution in [0.15, 0.2) is 48.6 Å². The fourth-order valence-electron chi connectivity index (χ4n) is 23.0. The Morgan fingerprint density at radius 1 is 0.444 bits per heavy atom. The molecule has 38 atom stereocenters. The van der Waals surface area contributed by atoms with Crippen LogP contribution in [0.25, 0.3) is 0 Å². The summed E-state index contributed by atoms with van der Waals surface area (Å²) in [7, 11) is -3.67. The van der Waals surface area contributed by atoms with Crippen LogP contribution in [-0.4, -0.2) is 248 Å². The lowest BCUT2D eigenvalue weighted by Crippen LogP contribution is -2.61. The van der Waals surface area contributed by atoms with Crippen LogP contribution >= 0.6 is 0 Å². The number of nitrogens with two attached hydrogens (primary N) is 2. The minimum Gasteiger partial charge on any atom is -0.392 e. The summed E-state index contributed by atoms with van der Waals surface area (Å²) in [5, 5.41) is 21.0. The van der Waals surface area contributed by atoms with Gasteiger partial charge in [-0.1, -0.05) is 54.0 Å². The van der Waals surface area contributed by atoms with E-state index in [1.165, 1.54) is 0 Å². The summed E-state index contributed by atoms with van der Waals surface area (Å²) in [5.74, 6) is -0.494. The highest BCUT2D eigenvalue weighted by Gasteiger charge is 2.74. The van der Waals surface area contributed by atoms with Crippen molar-refractivity contribution in [3.05, 3.63) is 48.6 Å². The maximum Gasteiger partial charge on any atom is 0.261 e. The van der Waals surface area contributed by atoms with E-state index in [1.807, 2.05) is 0 Å². The number of carbonyl (C=O) groups excluding carboxylic acids is 2. The summed E-state index contributed by atoms with van der Waals surface area (Å²) in [4.78, 5) is 28.0. The zero-order valence-corrected chi connectivity index (χ0v) is 65.2. The molecule has 0 aromatic rings. The van der Waals surface area contributed by atoms with Gasteiger partial charge in [-0.25, -0.2) is 0 Å². The zero-order chi connectivity index (χ0) is 75.8. The van der Waals surface area contributed by atoms with Gasteiger partial charge in [-0.3, -0.25) is 14.1 Å². The molecule has 0 aromatic heterocycles. The normalized spacial score (nSPS) is 51.6. The van der Waals surface area contributed by atoms with Crippen LogP contribution in [0.4, 0.5) is 0 Å². The first-order chi connectivity index (χ1) is 51.5. The van der Waals surface area contributed by atoms with Crippen molar-refractivity contribution in [3.63, 3.8) is 0 Å². The molecule has 0 amide bonds. The van der Waals surface area contributed by atoms with Crippen molar-refractivity contribution < 1.29 is 109 Å². The largest absolute Gasteiger partial charge is 0.392 e. The first kappa shape index (κ1) is 79.3. The van der Waals surface area contributed by atoms with Gasteiger partial charge in [0.2, 0.25) is 0 Å².